The van der Waals surface area contributed by atoms with E-state index in [2.05, 4.69) is 180 Å². The van der Waals surface area contributed by atoms with Crippen LogP contribution in [-0.2, 0) is 65.4 Å². The third-order valence-electron chi connectivity index (χ3n) is 16.2. The zero-order chi connectivity index (χ0) is 77.4. The summed E-state index contributed by atoms with van der Waals surface area (Å²) in [4.78, 5) is 73.0. The summed E-state index contributed by atoms with van der Waals surface area (Å²) in [5, 5.41) is 10.6. The van der Waals surface area contributed by atoms with Gasteiger partial charge in [0.25, 0.3) is 0 Å². The van der Waals surface area contributed by atoms with Gasteiger partial charge in [0.2, 0.25) is 0 Å². The normalized spacial score (nSPS) is 14.7. The summed E-state index contributed by atoms with van der Waals surface area (Å²) < 4.78 is 68.5. The molecule has 0 fully saturated rings. The number of hydrogen-bond donors (Lipinski definition) is 3. The Morgan fingerprint density at radius 3 is 0.821 bits per heavy atom. The van der Waals surface area contributed by atoms with E-state index in [9.17, 15) is 43.2 Å². The highest BCUT2D eigenvalue weighted by atomic mass is 31.2. The number of phosphoric acid groups is 2. The molecule has 0 aliphatic rings. The molecule has 19 heteroatoms. The van der Waals surface area contributed by atoms with Crippen LogP contribution in [0.3, 0.4) is 0 Å². The van der Waals surface area contributed by atoms with Crippen molar-refractivity contribution in [2.45, 2.75) is 316 Å². The van der Waals surface area contributed by atoms with Crippen molar-refractivity contribution in [1.82, 2.24) is 0 Å². The molecular weight excluding hydrogens is 1380 g/mol. The van der Waals surface area contributed by atoms with E-state index < -0.39 is 97.5 Å². The number of hydrogen-bond acceptors (Lipinski definition) is 15. The molecule has 0 amide bonds. The van der Waals surface area contributed by atoms with E-state index in [-0.39, 0.29) is 25.7 Å². The van der Waals surface area contributed by atoms with Crippen LogP contribution in [0.1, 0.15) is 297 Å². The minimum absolute atomic E-state index is 0.0264. The molecule has 0 aromatic rings. The largest absolute Gasteiger partial charge is 0.472 e. The maximum absolute atomic E-state index is 13.1. The zero-order valence-electron chi connectivity index (χ0n) is 65.8. The van der Waals surface area contributed by atoms with Gasteiger partial charge in [-0.2, -0.15) is 0 Å². The van der Waals surface area contributed by atoms with Gasteiger partial charge in [-0.05, 0) is 161 Å². The average molecular weight is 1520 g/mol. The Bertz CT molecular complexity index is 2680. The number of rotatable bonds is 74. The molecule has 0 aliphatic carbocycles. The van der Waals surface area contributed by atoms with Crippen LogP contribution in [0.4, 0.5) is 0 Å². The summed E-state index contributed by atoms with van der Waals surface area (Å²) in [7, 11) is -10.0. The number of allylic oxidation sites excluding steroid dienone is 28. The van der Waals surface area contributed by atoms with Crippen LogP contribution in [0.5, 0.6) is 0 Å². The van der Waals surface area contributed by atoms with Crippen molar-refractivity contribution in [2.75, 3.05) is 39.6 Å². The van der Waals surface area contributed by atoms with Crippen LogP contribution < -0.4 is 0 Å². The number of aliphatic hydroxyl groups excluding tert-OH is 1. The first-order valence-electron chi connectivity index (χ1n) is 40.4. The number of esters is 4. The van der Waals surface area contributed by atoms with E-state index in [4.69, 9.17) is 37.0 Å². The van der Waals surface area contributed by atoms with Gasteiger partial charge in [-0.3, -0.25) is 37.3 Å². The van der Waals surface area contributed by atoms with Gasteiger partial charge in [0, 0.05) is 25.7 Å². The van der Waals surface area contributed by atoms with Crippen molar-refractivity contribution in [1.29, 1.82) is 0 Å². The Morgan fingerprint density at radius 1 is 0.274 bits per heavy atom. The number of carbonyl (C=O) groups is 4. The predicted molar refractivity (Wildman–Crippen MR) is 436 cm³/mol. The Hall–Kier alpha value is -5.58. The molecule has 0 radical (unpaired) electrons. The summed E-state index contributed by atoms with van der Waals surface area (Å²) in [6.07, 6.45) is 92.0. The molecule has 3 N–H and O–H groups in total. The van der Waals surface area contributed by atoms with Gasteiger partial charge in [-0.25, -0.2) is 9.13 Å². The Morgan fingerprint density at radius 2 is 0.509 bits per heavy atom. The first-order chi connectivity index (χ1) is 51.7. The molecule has 0 spiro atoms. The number of ether oxygens (including phenoxy) is 4. The summed E-state index contributed by atoms with van der Waals surface area (Å²) in [5.74, 6) is -2.33. The third-order valence-corrected chi connectivity index (χ3v) is 18.1. The molecule has 0 aromatic heterocycles. The fourth-order valence-corrected chi connectivity index (χ4v) is 11.7. The van der Waals surface area contributed by atoms with Crippen molar-refractivity contribution in [3.05, 3.63) is 170 Å². The highest BCUT2D eigenvalue weighted by Gasteiger charge is 2.30. The molecule has 17 nitrogen and oxygen atoms in total. The summed E-state index contributed by atoms with van der Waals surface area (Å²) in [6, 6.07) is 0. The first kappa shape index (κ1) is 100. The predicted octanol–water partition coefficient (Wildman–Crippen LogP) is 23.8. The standard InChI is InChI=1S/C87H142O17P2/c1-5-9-13-17-21-25-29-33-36-38-40-42-45-48-51-55-59-63-67-71-84(89)97-77-82(103-86(91)73-69-65-61-57-53-47-32-28-24-20-16-12-8-4)79-101-105(93,94)99-75-81(88)76-100-106(95,96)102-80-83(104-87(92)74-70-66-62-58-54-50-44-35-31-27-23-19-15-11-7-3)78-98-85(90)72-68-64-60-56-52-49-46-43-41-39-37-34-30-26-22-18-14-10-6-2/h9-11,13-15,21-23,25-28,32-37,40-44,49,52,60,64,81-83,88H,5-8,12,16-20,24,29-31,38-39,45-48,50-51,53-59,61-63,65-80H2,1-4H3,(H,93,94)(H,95,96)/b13-9-,14-10-,15-11-,25-21-,26-22-,27-23-,32-28-,36-33-,37-34-,42-40-,43-41-,44-35-,52-49-,64-60-. The zero-order valence-corrected chi connectivity index (χ0v) is 67.6. The average Bonchev–Trinajstić information content (AvgIpc) is 0.933. The van der Waals surface area contributed by atoms with Crippen LogP contribution in [0, 0.1) is 0 Å². The van der Waals surface area contributed by atoms with Crippen LogP contribution in [0.2, 0.25) is 0 Å². The second-order valence-corrected chi connectivity index (χ2v) is 29.1. The van der Waals surface area contributed by atoms with Crippen molar-refractivity contribution in [3.63, 3.8) is 0 Å². The van der Waals surface area contributed by atoms with E-state index in [0.717, 1.165) is 186 Å². The van der Waals surface area contributed by atoms with E-state index in [0.29, 0.717) is 32.1 Å². The SMILES string of the molecule is CC/C=C\C/C=C\C/C=C\C/C=C\C/C=C\C/C=C\CCC(=O)OCC(COP(=O)(O)OCC(O)COP(=O)(O)OCC(COC(=O)CCCCCCCC/C=C\C/C=C\C/C=C\C/C=C\CC)OC(=O)CCCCCCC/C=C\CCCCCC)OC(=O)CCCCCCC/C=C\C/C=C\C/C=C\CC. The molecule has 0 aromatic carbocycles. The number of aliphatic hydroxyl groups is 1. The molecule has 0 saturated heterocycles. The van der Waals surface area contributed by atoms with Crippen LogP contribution >= 0.6 is 15.6 Å². The number of phosphoric ester groups is 2. The minimum atomic E-state index is -5.01. The van der Waals surface area contributed by atoms with Crippen LogP contribution in [-0.4, -0.2) is 96.7 Å². The lowest BCUT2D eigenvalue weighted by atomic mass is 10.1. The van der Waals surface area contributed by atoms with Gasteiger partial charge in [0.1, 0.15) is 19.3 Å². The van der Waals surface area contributed by atoms with Crippen molar-refractivity contribution >= 4 is 39.5 Å². The van der Waals surface area contributed by atoms with Gasteiger partial charge >= 0.3 is 39.5 Å². The van der Waals surface area contributed by atoms with E-state index in [1.807, 2.05) is 18.2 Å². The first-order valence-corrected chi connectivity index (χ1v) is 43.4. The van der Waals surface area contributed by atoms with Crippen molar-refractivity contribution in [2.24, 2.45) is 0 Å². The summed E-state index contributed by atoms with van der Waals surface area (Å²) >= 11 is 0. The smallest absolute Gasteiger partial charge is 0.462 e. The van der Waals surface area contributed by atoms with Gasteiger partial charge in [0.05, 0.1) is 26.4 Å². The molecule has 0 heterocycles. The Labute approximate surface area is 642 Å². The second kappa shape index (κ2) is 77.6. The minimum Gasteiger partial charge on any atom is -0.462 e. The summed E-state index contributed by atoms with van der Waals surface area (Å²) in [6.45, 7) is 4.38. The molecule has 106 heavy (non-hydrogen) atoms. The highest BCUT2D eigenvalue weighted by Crippen LogP contribution is 2.45. The second-order valence-electron chi connectivity index (χ2n) is 26.2. The lowest BCUT2D eigenvalue weighted by Crippen LogP contribution is -2.30. The molecule has 5 unspecified atom stereocenters. The molecule has 0 saturated carbocycles. The van der Waals surface area contributed by atoms with Gasteiger partial charge < -0.3 is 33.8 Å². The van der Waals surface area contributed by atoms with Crippen LogP contribution in [0.15, 0.2) is 170 Å². The maximum Gasteiger partial charge on any atom is 0.472 e. The van der Waals surface area contributed by atoms with Gasteiger partial charge in [-0.15, -0.1) is 0 Å². The van der Waals surface area contributed by atoms with Gasteiger partial charge in [0.15, 0.2) is 12.2 Å². The van der Waals surface area contributed by atoms with Crippen molar-refractivity contribution < 1.29 is 80.2 Å². The Balaban J connectivity index is 5.45. The fourth-order valence-electron chi connectivity index (χ4n) is 10.1. The third kappa shape index (κ3) is 76.6. The molecular formula is C87H142O17P2. The Kier molecular flexibility index (Phi) is 73.5. The van der Waals surface area contributed by atoms with E-state index in [1.54, 1.807) is 0 Å². The lowest BCUT2D eigenvalue weighted by molar-refractivity contribution is -0.161. The highest BCUT2D eigenvalue weighted by molar-refractivity contribution is 7.47. The fraction of sp³-hybridized carbons (Fsp3) is 0.632. The van der Waals surface area contributed by atoms with E-state index >= 15 is 0 Å². The molecule has 0 rings (SSSR count). The molecule has 0 aliphatic heterocycles. The maximum atomic E-state index is 13.1. The van der Waals surface area contributed by atoms with E-state index in [1.165, 1.54) is 25.7 Å². The van der Waals surface area contributed by atoms with Crippen LogP contribution in [0.25, 0.3) is 0 Å². The van der Waals surface area contributed by atoms with Gasteiger partial charge in [-0.1, -0.05) is 281 Å². The number of carbonyl (C=O) groups excluding carboxylic acids is 4. The molecule has 602 valence electrons. The summed E-state index contributed by atoms with van der Waals surface area (Å²) in [5.41, 5.74) is 0. The monoisotopic (exact) mass is 1520 g/mol. The number of unbranched alkanes of at least 4 members (excludes halogenated alkanes) is 20. The topological polar surface area (TPSA) is 237 Å². The quantitative estimate of drug-likeness (QED) is 0.0169. The lowest BCUT2D eigenvalue weighted by Gasteiger charge is -2.21. The molecule has 5 atom stereocenters. The molecule has 0 bridgehead atoms. The van der Waals surface area contributed by atoms with Crippen molar-refractivity contribution in [3.8, 4) is 0 Å².